The van der Waals surface area contributed by atoms with Gasteiger partial charge in [0.15, 0.2) is 0 Å². The molecule has 0 bridgehead atoms. The van der Waals surface area contributed by atoms with Gasteiger partial charge in [-0.25, -0.2) is 0 Å². The maximum absolute atomic E-state index is 11.3. The van der Waals surface area contributed by atoms with Gasteiger partial charge in [0.05, 0.1) is 12.5 Å². The lowest BCUT2D eigenvalue weighted by Gasteiger charge is -2.38. The van der Waals surface area contributed by atoms with Gasteiger partial charge in [-0.3, -0.25) is 4.79 Å². The molecule has 1 amide bonds. The summed E-state index contributed by atoms with van der Waals surface area (Å²) in [7, 11) is 0. The number of β-lactam (4-membered cyclic amide) rings is 1. The van der Waals surface area contributed by atoms with Gasteiger partial charge in [-0.15, -0.1) is 0 Å². The summed E-state index contributed by atoms with van der Waals surface area (Å²) in [5.41, 5.74) is 0. The Morgan fingerprint density at radius 3 is 2.73 bits per heavy atom. The second-order valence-corrected chi connectivity index (χ2v) is 3.91. The van der Waals surface area contributed by atoms with Crippen LogP contribution >= 0.6 is 0 Å². The topological polar surface area (TPSA) is 20.3 Å². The third-order valence-corrected chi connectivity index (χ3v) is 2.62. The van der Waals surface area contributed by atoms with Gasteiger partial charge in [-0.2, -0.15) is 0 Å². The van der Waals surface area contributed by atoms with Gasteiger partial charge < -0.3 is 4.90 Å². The number of allylic oxidation sites excluding steroid dienone is 2. The largest absolute Gasteiger partial charge is 0.332 e. The summed E-state index contributed by atoms with van der Waals surface area (Å²) in [6, 6.07) is 0.351. The van der Waals surface area contributed by atoms with Crippen LogP contribution in [0.4, 0.5) is 0 Å². The van der Waals surface area contributed by atoms with E-state index in [0.717, 1.165) is 19.4 Å². The monoisotopic (exact) mass is 207 g/mol. The van der Waals surface area contributed by atoms with E-state index >= 15 is 0 Å². The molecular weight excluding hydrogens is 186 g/mol. The first kappa shape index (κ1) is 12.0. The van der Waals surface area contributed by atoms with Crippen LogP contribution in [0.15, 0.2) is 24.3 Å². The van der Waals surface area contributed by atoms with E-state index < -0.39 is 0 Å². The summed E-state index contributed by atoms with van der Waals surface area (Å²) >= 11 is 0. The first-order valence-corrected chi connectivity index (χ1v) is 5.90. The number of rotatable bonds is 6. The minimum atomic E-state index is 0.280. The summed E-state index contributed by atoms with van der Waals surface area (Å²) in [5, 5.41) is 0. The first-order valence-electron chi connectivity index (χ1n) is 5.90. The second kappa shape index (κ2) is 6.44. The molecule has 1 saturated heterocycles. The smallest absolute Gasteiger partial charge is 0.225 e. The molecule has 2 heteroatoms. The fourth-order valence-corrected chi connectivity index (χ4v) is 1.65. The van der Waals surface area contributed by atoms with Crippen LogP contribution in [0.3, 0.4) is 0 Å². The summed E-state index contributed by atoms with van der Waals surface area (Å²) in [5.74, 6) is 0.280. The Morgan fingerprint density at radius 1 is 1.33 bits per heavy atom. The number of nitrogens with zero attached hydrogens (tertiary/aromatic N) is 1. The Labute approximate surface area is 92.7 Å². The van der Waals surface area contributed by atoms with E-state index in [0.29, 0.717) is 12.5 Å². The number of likely N-dealkylation sites (tertiary alicyclic amines) is 1. The summed E-state index contributed by atoms with van der Waals surface area (Å²) < 4.78 is 0. The molecule has 0 N–H and O–H groups in total. The fourth-order valence-electron chi connectivity index (χ4n) is 1.65. The van der Waals surface area contributed by atoms with Crippen LogP contribution in [0.5, 0.6) is 0 Å². The van der Waals surface area contributed by atoms with Crippen molar-refractivity contribution in [1.29, 1.82) is 0 Å². The van der Waals surface area contributed by atoms with Crippen LogP contribution in [0.2, 0.25) is 0 Å². The number of carbonyl (C=O) groups is 1. The third kappa shape index (κ3) is 3.54. The molecule has 1 unspecified atom stereocenters. The quantitative estimate of drug-likeness (QED) is 0.484. The molecule has 0 aromatic rings. The van der Waals surface area contributed by atoms with Crippen LogP contribution < -0.4 is 0 Å². The highest BCUT2D eigenvalue weighted by Crippen LogP contribution is 2.20. The molecule has 1 aliphatic heterocycles. The maximum Gasteiger partial charge on any atom is 0.225 e. The lowest BCUT2D eigenvalue weighted by molar-refractivity contribution is -0.142. The molecule has 1 rings (SSSR count). The highest BCUT2D eigenvalue weighted by atomic mass is 16.2. The van der Waals surface area contributed by atoms with E-state index in [9.17, 15) is 4.79 Å². The van der Waals surface area contributed by atoms with Crippen molar-refractivity contribution in [2.24, 2.45) is 0 Å². The molecule has 15 heavy (non-hydrogen) atoms. The summed E-state index contributed by atoms with van der Waals surface area (Å²) in [6.45, 7) is 5.05. The van der Waals surface area contributed by atoms with Gasteiger partial charge in [0, 0.05) is 6.54 Å². The fraction of sp³-hybridized carbons (Fsp3) is 0.615. The molecule has 0 aromatic carbocycles. The van der Waals surface area contributed by atoms with Crippen LogP contribution in [0.1, 0.15) is 39.5 Å². The highest BCUT2D eigenvalue weighted by molar-refractivity contribution is 5.84. The Bertz CT molecular complexity index is 255. The van der Waals surface area contributed by atoms with Gasteiger partial charge in [0.25, 0.3) is 0 Å². The lowest BCUT2D eigenvalue weighted by atomic mass is 10.0. The van der Waals surface area contributed by atoms with Gasteiger partial charge in [0.2, 0.25) is 5.91 Å². The summed E-state index contributed by atoms with van der Waals surface area (Å²) in [4.78, 5) is 13.3. The zero-order valence-electron chi connectivity index (χ0n) is 9.78. The van der Waals surface area contributed by atoms with Gasteiger partial charge in [-0.05, 0) is 12.8 Å². The standard InChI is InChI=1S/C13H21NO/c1-3-5-7-8-10-14-12(9-6-4-2)11-13(14)15/h6-9,12H,3-5,10-11H2,1-2H3/b8-7-,9-6?. The SMILES string of the molecule is CCC=CC1CC(=O)N1C/C=C\CCC. The molecule has 0 aromatic heterocycles. The highest BCUT2D eigenvalue weighted by Gasteiger charge is 2.32. The second-order valence-electron chi connectivity index (χ2n) is 3.91. The van der Waals surface area contributed by atoms with Crippen LogP contribution in [-0.4, -0.2) is 23.4 Å². The lowest BCUT2D eigenvalue weighted by Crippen LogP contribution is -2.51. The normalized spacial score (nSPS) is 21.6. The van der Waals surface area contributed by atoms with Crippen molar-refractivity contribution in [2.45, 2.75) is 45.6 Å². The van der Waals surface area contributed by atoms with E-state index in [4.69, 9.17) is 0 Å². The number of hydrogen-bond donors (Lipinski definition) is 0. The molecular formula is C13H21NO. The molecule has 0 spiro atoms. The third-order valence-electron chi connectivity index (χ3n) is 2.62. The van der Waals surface area contributed by atoms with Crippen molar-refractivity contribution in [1.82, 2.24) is 4.90 Å². The number of amides is 1. The first-order chi connectivity index (χ1) is 7.29. The Kier molecular flexibility index (Phi) is 5.16. The predicted molar refractivity (Wildman–Crippen MR) is 63.6 cm³/mol. The molecule has 1 aliphatic rings. The van der Waals surface area contributed by atoms with Crippen molar-refractivity contribution in [3.05, 3.63) is 24.3 Å². The van der Waals surface area contributed by atoms with E-state index in [1.54, 1.807) is 0 Å². The van der Waals surface area contributed by atoms with Gasteiger partial charge >= 0.3 is 0 Å². The molecule has 0 radical (unpaired) electrons. The Hall–Kier alpha value is -1.05. The van der Waals surface area contributed by atoms with E-state index in [1.165, 1.54) is 6.42 Å². The minimum Gasteiger partial charge on any atom is -0.332 e. The molecule has 1 atom stereocenters. The molecule has 84 valence electrons. The van der Waals surface area contributed by atoms with Crippen molar-refractivity contribution in [3.63, 3.8) is 0 Å². The van der Waals surface area contributed by atoms with Crippen LogP contribution in [0, 0.1) is 0 Å². The van der Waals surface area contributed by atoms with Crippen molar-refractivity contribution >= 4 is 5.91 Å². The van der Waals surface area contributed by atoms with Gasteiger partial charge in [-0.1, -0.05) is 44.6 Å². The van der Waals surface area contributed by atoms with Crippen molar-refractivity contribution in [2.75, 3.05) is 6.54 Å². The predicted octanol–water partition coefficient (Wildman–Crippen LogP) is 2.91. The maximum atomic E-state index is 11.3. The van der Waals surface area contributed by atoms with Gasteiger partial charge in [0.1, 0.15) is 0 Å². The zero-order chi connectivity index (χ0) is 11.1. The van der Waals surface area contributed by atoms with Crippen molar-refractivity contribution in [3.8, 4) is 0 Å². The van der Waals surface area contributed by atoms with Crippen LogP contribution in [0.25, 0.3) is 0 Å². The average Bonchev–Trinajstić information content (AvgIpc) is 2.23. The Morgan fingerprint density at radius 2 is 2.13 bits per heavy atom. The average molecular weight is 207 g/mol. The Balaban J connectivity index is 2.32. The minimum absolute atomic E-state index is 0.280. The molecule has 0 saturated carbocycles. The number of carbonyl (C=O) groups excluding carboxylic acids is 1. The number of hydrogen-bond acceptors (Lipinski definition) is 1. The van der Waals surface area contributed by atoms with E-state index in [-0.39, 0.29) is 5.91 Å². The number of unbranched alkanes of at least 4 members (excludes halogenated alkanes) is 1. The van der Waals surface area contributed by atoms with Crippen molar-refractivity contribution < 1.29 is 4.79 Å². The zero-order valence-corrected chi connectivity index (χ0v) is 9.78. The van der Waals surface area contributed by atoms with Crippen LogP contribution in [-0.2, 0) is 4.79 Å². The molecule has 1 heterocycles. The van der Waals surface area contributed by atoms with E-state index in [2.05, 4.69) is 38.2 Å². The summed E-state index contributed by atoms with van der Waals surface area (Å²) in [6.07, 6.45) is 12.6. The molecule has 2 nitrogen and oxygen atoms in total. The molecule has 1 fully saturated rings. The van der Waals surface area contributed by atoms with E-state index in [1.807, 2.05) is 4.90 Å². The molecule has 0 aliphatic carbocycles.